The predicted octanol–water partition coefficient (Wildman–Crippen LogP) is 4.40. The van der Waals surface area contributed by atoms with Crippen LogP contribution in [0.4, 0.5) is 0 Å². The monoisotopic (exact) mass is 293 g/mol. The lowest BCUT2D eigenvalue weighted by molar-refractivity contribution is 0.138. The van der Waals surface area contributed by atoms with Gasteiger partial charge in [-0.1, -0.05) is 39.7 Å². The molecule has 0 radical (unpaired) electrons. The summed E-state index contributed by atoms with van der Waals surface area (Å²) in [5.74, 6) is 1.69. The molecule has 1 aromatic rings. The van der Waals surface area contributed by atoms with E-state index in [1.807, 2.05) is 31.2 Å². The number of nitrogens with two attached hydrogens (primary N) is 1. The minimum atomic E-state index is 0.0192. The highest BCUT2D eigenvalue weighted by molar-refractivity contribution is 5.33. The zero-order valence-electron chi connectivity index (χ0n) is 14.0. The van der Waals surface area contributed by atoms with Crippen molar-refractivity contribution < 1.29 is 9.47 Å². The molecule has 0 spiro atoms. The number of hydrogen-bond acceptors (Lipinski definition) is 3. The molecule has 0 aliphatic carbocycles. The van der Waals surface area contributed by atoms with Gasteiger partial charge in [-0.25, -0.2) is 0 Å². The maximum absolute atomic E-state index is 6.02. The van der Waals surface area contributed by atoms with Crippen LogP contribution in [0.15, 0.2) is 24.3 Å². The lowest BCUT2D eigenvalue weighted by Gasteiger charge is -2.29. The molecule has 1 atom stereocenters. The molecule has 0 amide bonds. The number of rotatable bonds is 10. The molecule has 21 heavy (non-hydrogen) atoms. The Balaban J connectivity index is 2.63. The molecule has 1 aromatic carbocycles. The maximum atomic E-state index is 6.02. The van der Waals surface area contributed by atoms with Gasteiger partial charge in [-0.05, 0) is 31.9 Å². The molecule has 120 valence electrons. The highest BCUT2D eigenvalue weighted by Crippen LogP contribution is 2.31. The first kappa shape index (κ1) is 17.8. The van der Waals surface area contributed by atoms with Crippen LogP contribution in [-0.2, 0) is 0 Å². The van der Waals surface area contributed by atoms with Gasteiger partial charge in [0.15, 0.2) is 0 Å². The van der Waals surface area contributed by atoms with Crippen molar-refractivity contribution in [2.24, 2.45) is 11.1 Å². The predicted molar refractivity (Wildman–Crippen MR) is 89.0 cm³/mol. The van der Waals surface area contributed by atoms with E-state index >= 15 is 0 Å². The lowest BCUT2D eigenvalue weighted by atomic mass is 9.82. The Morgan fingerprint density at radius 3 is 2.33 bits per heavy atom. The third kappa shape index (κ3) is 6.38. The third-order valence-electron chi connectivity index (χ3n) is 3.77. The average molecular weight is 293 g/mol. The van der Waals surface area contributed by atoms with Crippen molar-refractivity contribution in [1.29, 1.82) is 0 Å². The summed E-state index contributed by atoms with van der Waals surface area (Å²) in [7, 11) is 0. The van der Waals surface area contributed by atoms with Crippen LogP contribution in [0.25, 0.3) is 0 Å². The van der Waals surface area contributed by atoms with E-state index in [0.29, 0.717) is 6.54 Å². The first-order valence-electron chi connectivity index (χ1n) is 8.12. The van der Waals surface area contributed by atoms with Crippen LogP contribution in [0.2, 0.25) is 0 Å². The smallest absolute Gasteiger partial charge is 0.123 e. The van der Waals surface area contributed by atoms with Crippen molar-refractivity contribution in [2.45, 2.75) is 59.5 Å². The standard InChI is InChI=1S/C18H31NO2/c1-5-10-18(4,11-6-2)14-20-16-8-7-9-17(12-16)21-15(3)13-19/h7-9,12,15H,5-6,10-11,13-14,19H2,1-4H3/t15-/m1/s1. The first-order chi connectivity index (χ1) is 10.0. The second kappa shape index (κ2) is 8.93. The van der Waals surface area contributed by atoms with Gasteiger partial charge < -0.3 is 15.2 Å². The highest BCUT2D eigenvalue weighted by Gasteiger charge is 2.23. The molecule has 0 bridgehead atoms. The summed E-state index contributed by atoms with van der Waals surface area (Å²) in [5.41, 5.74) is 5.84. The molecule has 1 rings (SSSR count). The van der Waals surface area contributed by atoms with Gasteiger partial charge in [0.25, 0.3) is 0 Å². The Hall–Kier alpha value is -1.22. The van der Waals surface area contributed by atoms with E-state index in [-0.39, 0.29) is 11.5 Å². The van der Waals surface area contributed by atoms with Crippen molar-refractivity contribution in [2.75, 3.05) is 13.2 Å². The van der Waals surface area contributed by atoms with Gasteiger partial charge >= 0.3 is 0 Å². The summed E-state index contributed by atoms with van der Waals surface area (Å²) in [6.45, 7) is 10.0. The summed E-state index contributed by atoms with van der Waals surface area (Å²) in [6.07, 6.45) is 4.79. The summed E-state index contributed by atoms with van der Waals surface area (Å²) in [4.78, 5) is 0. The van der Waals surface area contributed by atoms with Crippen LogP contribution in [0.1, 0.15) is 53.4 Å². The van der Waals surface area contributed by atoms with E-state index in [1.54, 1.807) is 0 Å². The molecule has 3 heteroatoms. The Bertz CT molecular complexity index is 400. The van der Waals surface area contributed by atoms with Crippen molar-refractivity contribution in [3.63, 3.8) is 0 Å². The fourth-order valence-corrected chi connectivity index (χ4v) is 2.65. The van der Waals surface area contributed by atoms with Crippen LogP contribution in [0, 0.1) is 5.41 Å². The van der Waals surface area contributed by atoms with Crippen LogP contribution in [0.5, 0.6) is 11.5 Å². The fraction of sp³-hybridized carbons (Fsp3) is 0.667. The van der Waals surface area contributed by atoms with Gasteiger partial charge in [0.05, 0.1) is 6.61 Å². The van der Waals surface area contributed by atoms with E-state index in [2.05, 4.69) is 20.8 Å². The number of hydrogen-bond donors (Lipinski definition) is 1. The van der Waals surface area contributed by atoms with Crippen LogP contribution >= 0.6 is 0 Å². The minimum Gasteiger partial charge on any atom is -0.493 e. The zero-order valence-corrected chi connectivity index (χ0v) is 14.0. The molecule has 0 saturated heterocycles. The number of benzene rings is 1. The number of ether oxygens (including phenoxy) is 2. The van der Waals surface area contributed by atoms with Gasteiger partial charge in [-0.15, -0.1) is 0 Å². The quantitative estimate of drug-likeness (QED) is 0.695. The maximum Gasteiger partial charge on any atom is 0.123 e. The topological polar surface area (TPSA) is 44.5 Å². The molecule has 0 aliphatic rings. The van der Waals surface area contributed by atoms with Gasteiger partial charge in [0.1, 0.15) is 17.6 Å². The SMILES string of the molecule is CCCC(C)(CCC)COc1cccc(O[C@H](C)CN)c1. The van der Waals surface area contributed by atoms with Crippen LogP contribution in [0.3, 0.4) is 0 Å². The van der Waals surface area contributed by atoms with E-state index in [9.17, 15) is 0 Å². The highest BCUT2D eigenvalue weighted by atomic mass is 16.5. The molecule has 0 heterocycles. The van der Waals surface area contributed by atoms with Gasteiger partial charge in [0.2, 0.25) is 0 Å². The van der Waals surface area contributed by atoms with Crippen LogP contribution in [-0.4, -0.2) is 19.3 Å². The molecule has 0 aromatic heterocycles. The molecular weight excluding hydrogens is 262 g/mol. The summed E-state index contributed by atoms with van der Waals surface area (Å²) in [6, 6.07) is 7.84. The van der Waals surface area contributed by atoms with E-state index in [4.69, 9.17) is 15.2 Å². The third-order valence-corrected chi connectivity index (χ3v) is 3.77. The fourth-order valence-electron chi connectivity index (χ4n) is 2.65. The molecule has 2 N–H and O–H groups in total. The van der Waals surface area contributed by atoms with E-state index in [0.717, 1.165) is 18.1 Å². The van der Waals surface area contributed by atoms with Crippen molar-refractivity contribution in [3.05, 3.63) is 24.3 Å². The average Bonchev–Trinajstić information content (AvgIpc) is 2.46. The Kier molecular flexibility index (Phi) is 7.58. The molecular formula is C18H31NO2. The molecule has 0 unspecified atom stereocenters. The zero-order chi connectivity index (χ0) is 15.7. The summed E-state index contributed by atoms with van der Waals surface area (Å²) in [5, 5.41) is 0. The van der Waals surface area contributed by atoms with Crippen molar-refractivity contribution >= 4 is 0 Å². The molecule has 0 saturated carbocycles. The molecule has 0 fully saturated rings. The van der Waals surface area contributed by atoms with Gasteiger partial charge in [-0.2, -0.15) is 0 Å². The lowest BCUT2D eigenvalue weighted by Crippen LogP contribution is -2.25. The van der Waals surface area contributed by atoms with Gasteiger partial charge in [-0.3, -0.25) is 0 Å². The molecule has 3 nitrogen and oxygen atoms in total. The summed E-state index contributed by atoms with van der Waals surface area (Å²) < 4.78 is 11.7. The first-order valence-corrected chi connectivity index (χ1v) is 8.12. The second-order valence-electron chi connectivity index (χ2n) is 6.24. The van der Waals surface area contributed by atoms with Crippen molar-refractivity contribution in [1.82, 2.24) is 0 Å². The second-order valence-corrected chi connectivity index (χ2v) is 6.24. The Labute approximate surface area is 129 Å². The van der Waals surface area contributed by atoms with E-state index < -0.39 is 0 Å². The molecule has 0 aliphatic heterocycles. The van der Waals surface area contributed by atoms with Crippen molar-refractivity contribution in [3.8, 4) is 11.5 Å². The minimum absolute atomic E-state index is 0.0192. The Morgan fingerprint density at radius 2 is 1.76 bits per heavy atom. The van der Waals surface area contributed by atoms with E-state index in [1.165, 1.54) is 25.7 Å². The van der Waals surface area contributed by atoms with Crippen LogP contribution < -0.4 is 15.2 Å². The Morgan fingerprint density at radius 1 is 1.14 bits per heavy atom. The van der Waals surface area contributed by atoms with Gasteiger partial charge in [0, 0.05) is 18.0 Å². The normalized spacial score (nSPS) is 13.0. The largest absolute Gasteiger partial charge is 0.493 e. The summed E-state index contributed by atoms with van der Waals surface area (Å²) >= 11 is 0.